The Hall–Kier alpha value is -1.63. The first-order valence-corrected chi connectivity index (χ1v) is 8.04. The molecule has 2 N–H and O–H groups in total. The highest BCUT2D eigenvalue weighted by atomic mass is 32.2. The number of nitrogens with one attached hydrogen (secondary N) is 1. The number of halogens is 2. The van der Waals surface area contributed by atoms with Crippen LogP contribution in [0.4, 0.5) is 8.78 Å². The average Bonchev–Trinajstić information content (AvgIpc) is 2.49. The van der Waals surface area contributed by atoms with Gasteiger partial charge in [-0.05, 0) is 31.0 Å². The monoisotopic (exact) mass is 329 g/mol. The molecule has 1 aromatic carbocycles. The van der Waals surface area contributed by atoms with E-state index in [-0.39, 0.29) is 5.75 Å². The van der Waals surface area contributed by atoms with Crippen LogP contribution in [0.5, 0.6) is 0 Å². The van der Waals surface area contributed by atoms with Gasteiger partial charge in [0.2, 0.25) is 5.91 Å². The Balaban J connectivity index is 1.94. The number of carboxylic acid groups (broad SMARTS) is 1. The fourth-order valence-corrected chi connectivity index (χ4v) is 3.29. The lowest BCUT2D eigenvalue weighted by molar-refractivity contribution is -0.148. The third kappa shape index (κ3) is 3.97. The number of rotatable bonds is 5. The number of thioether (sulfide) groups is 1. The molecule has 0 aromatic heterocycles. The third-order valence-electron chi connectivity index (χ3n) is 3.76. The van der Waals surface area contributed by atoms with E-state index in [0.29, 0.717) is 17.7 Å². The summed E-state index contributed by atoms with van der Waals surface area (Å²) in [6.45, 7) is 0. The number of carbonyl (C=O) groups is 2. The van der Waals surface area contributed by atoms with E-state index in [4.69, 9.17) is 0 Å². The molecule has 7 heteroatoms. The highest BCUT2D eigenvalue weighted by Gasteiger charge is 2.40. The van der Waals surface area contributed by atoms with Crippen molar-refractivity contribution < 1.29 is 23.5 Å². The maximum atomic E-state index is 13.1. The predicted octanol–water partition coefficient (Wildman–Crippen LogP) is 2.96. The molecule has 0 heterocycles. The minimum Gasteiger partial charge on any atom is -0.480 e. The summed E-state index contributed by atoms with van der Waals surface area (Å²) in [5.74, 6) is -3.39. The predicted molar refractivity (Wildman–Crippen MR) is 78.7 cm³/mol. The zero-order valence-electron chi connectivity index (χ0n) is 11.9. The first kappa shape index (κ1) is 16.7. The molecule has 1 amide bonds. The summed E-state index contributed by atoms with van der Waals surface area (Å²) in [5, 5.41) is 12.0. The highest BCUT2D eigenvalue weighted by molar-refractivity contribution is 8.00. The van der Waals surface area contributed by atoms with Crippen LogP contribution in [0.2, 0.25) is 0 Å². The van der Waals surface area contributed by atoms with Crippen LogP contribution in [-0.2, 0) is 9.59 Å². The van der Waals surface area contributed by atoms with Gasteiger partial charge >= 0.3 is 5.97 Å². The summed E-state index contributed by atoms with van der Waals surface area (Å²) in [5.41, 5.74) is -1.19. The van der Waals surface area contributed by atoms with E-state index in [9.17, 15) is 23.5 Å². The van der Waals surface area contributed by atoms with Gasteiger partial charge in [0.1, 0.15) is 5.54 Å². The molecule has 0 bridgehead atoms. The van der Waals surface area contributed by atoms with E-state index in [1.165, 1.54) is 6.07 Å². The summed E-state index contributed by atoms with van der Waals surface area (Å²) < 4.78 is 25.9. The summed E-state index contributed by atoms with van der Waals surface area (Å²) in [7, 11) is 0. The van der Waals surface area contributed by atoms with Gasteiger partial charge in [0, 0.05) is 4.90 Å². The maximum Gasteiger partial charge on any atom is 0.329 e. The maximum absolute atomic E-state index is 13.1. The van der Waals surface area contributed by atoms with Crippen molar-refractivity contribution in [3.8, 4) is 0 Å². The molecule has 1 saturated carbocycles. The molecule has 120 valence electrons. The molecule has 0 saturated heterocycles. The molecule has 0 aliphatic heterocycles. The van der Waals surface area contributed by atoms with Crippen molar-refractivity contribution in [2.24, 2.45) is 0 Å². The largest absolute Gasteiger partial charge is 0.480 e. The molecular weight excluding hydrogens is 312 g/mol. The van der Waals surface area contributed by atoms with E-state index in [1.807, 2.05) is 0 Å². The molecule has 1 aliphatic rings. The molecule has 1 aromatic rings. The van der Waals surface area contributed by atoms with Crippen LogP contribution in [0.25, 0.3) is 0 Å². The van der Waals surface area contributed by atoms with Gasteiger partial charge in [-0.25, -0.2) is 13.6 Å². The molecule has 0 unspecified atom stereocenters. The van der Waals surface area contributed by atoms with Gasteiger partial charge in [0.25, 0.3) is 0 Å². The fourth-order valence-electron chi connectivity index (χ4n) is 2.57. The Morgan fingerprint density at radius 1 is 1.18 bits per heavy atom. The standard InChI is InChI=1S/C15H17F2NO3S/c16-11-5-4-10(8-12(11)17)22-9-13(19)18-15(14(20)21)6-2-1-3-7-15/h4-5,8H,1-3,6-7,9H2,(H,18,19)(H,20,21). The van der Waals surface area contributed by atoms with Crippen molar-refractivity contribution in [3.05, 3.63) is 29.8 Å². The van der Waals surface area contributed by atoms with Gasteiger partial charge in [-0.1, -0.05) is 19.3 Å². The Bertz CT molecular complexity index is 574. The summed E-state index contributed by atoms with van der Waals surface area (Å²) in [4.78, 5) is 23.9. The smallest absolute Gasteiger partial charge is 0.329 e. The number of carboxylic acids is 1. The second-order valence-electron chi connectivity index (χ2n) is 5.36. The average molecular weight is 329 g/mol. The van der Waals surface area contributed by atoms with Crippen LogP contribution < -0.4 is 5.32 Å². The van der Waals surface area contributed by atoms with Gasteiger partial charge in [-0.15, -0.1) is 11.8 Å². The minimum atomic E-state index is -1.19. The van der Waals surface area contributed by atoms with Crippen molar-refractivity contribution in [1.29, 1.82) is 0 Å². The van der Waals surface area contributed by atoms with E-state index in [2.05, 4.69) is 5.32 Å². The van der Waals surface area contributed by atoms with Crippen LogP contribution >= 0.6 is 11.8 Å². The van der Waals surface area contributed by atoms with Crippen LogP contribution in [0.15, 0.2) is 23.1 Å². The number of carbonyl (C=O) groups excluding carboxylic acids is 1. The lowest BCUT2D eigenvalue weighted by Gasteiger charge is -2.33. The Morgan fingerprint density at radius 3 is 2.45 bits per heavy atom. The first-order chi connectivity index (χ1) is 10.4. The summed E-state index contributed by atoms with van der Waals surface area (Å²) in [6.07, 6.45) is 3.34. The number of benzene rings is 1. The fraction of sp³-hybridized carbons (Fsp3) is 0.467. The Morgan fingerprint density at radius 2 is 1.86 bits per heavy atom. The van der Waals surface area contributed by atoms with E-state index >= 15 is 0 Å². The molecule has 22 heavy (non-hydrogen) atoms. The van der Waals surface area contributed by atoms with Gasteiger partial charge in [-0.3, -0.25) is 4.79 Å². The normalized spacial score (nSPS) is 17.0. The number of amides is 1. The van der Waals surface area contributed by atoms with Crippen molar-refractivity contribution in [1.82, 2.24) is 5.32 Å². The Kier molecular flexibility index (Phi) is 5.39. The van der Waals surface area contributed by atoms with Gasteiger partial charge in [0.05, 0.1) is 5.75 Å². The molecule has 1 aliphatic carbocycles. The molecule has 4 nitrogen and oxygen atoms in total. The SMILES string of the molecule is O=C(CSc1ccc(F)c(F)c1)NC1(C(=O)O)CCCCC1. The quantitative estimate of drug-likeness (QED) is 0.815. The summed E-state index contributed by atoms with van der Waals surface area (Å²) >= 11 is 1.04. The van der Waals surface area contributed by atoms with Crippen molar-refractivity contribution >= 4 is 23.6 Å². The highest BCUT2D eigenvalue weighted by Crippen LogP contribution is 2.29. The van der Waals surface area contributed by atoms with Gasteiger partial charge in [0.15, 0.2) is 11.6 Å². The van der Waals surface area contributed by atoms with Crippen molar-refractivity contribution in [2.45, 2.75) is 42.5 Å². The van der Waals surface area contributed by atoms with Crippen molar-refractivity contribution in [3.63, 3.8) is 0 Å². The molecule has 0 spiro atoms. The first-order valence-electron chi connectivity index (χ1n) is 7.05. The van der Waals surface area contributed by atoms with Crippen molar-refractivity contribution in [2.75, 3.05) is 5.75 Å². The van der Waals surface area contributed by atoms with Crippen LogP contribution in [0.3, 0.4) is 0 Å². The van der Waals surface area contributed by atoms with Crippen LogP contribution in [-0.4, -0.2) is 28.3 Å². The molecule has 1 fully saturated rings. The second kappa shape index (κ2) is 7.09. The summed E-state index contributed by atoms with van der Waals surface area (Å²) in [6, 6.07) is 3.39. The number of hydrogen-bond acceptors (Lipinski definition) is 3. The molecule has 0 radical (unpaired) electrons. The van der Waals surface area contributed by atoms with Crippen LogP contribution in [0.1, 0.15) is 32.1 Å². The zero-order valence-corrected chi connectivity index (χ0v) is 12.7. The lowest BCUT2D eigenvalue weighted by Crippen LogP contribution is -2.56. The third-order valence-corrected chi connectivity index (χ3v) is 4.75. The minimum absolute atomic E-state index is 0.0416. The Labute approximate surface area is 131 Å². The van der Waals surface area contributed by atoms with Gasteiger partial charge < -0.3 is 10.4 Å². The molecule has 2 rings (SSSR count). The second-order valence-corrected chi connectivity index (χ2v) is 6.41. The lowest BCUT2D eigenvalue weighted by atomic mass is 9.81. The van der Waals surface area contributed by atoms with E-state index in [1.54, 1.807) is 0 Å². The topological polar surface area (TPSA) is 66.4 Å². The van der Waals surface area contributed by atoms with Crippen LogP contribution in [0, 0.1) is 11.6 Å². The van der Waals surface area contributed by atoms with Gasteiger partial charge in [-0.2, -0.15) is 0 Å². The zero-order chi connectivity index (χ0) is 16.2. The molecule has 0 atom stereocenters. The van der Waals surface area contributed by atoms with E-state index < -0.39 is 29.0 Å². The molecular formula is C15H17F2NO3S. The number of hydrogen-bond donors (Lipinski definition) is 2. The number of aliphatic carboxylic acids is 1. The van der Waals surface area contributed by atoms with E-state index in [0.717, 1.165) is 43.2 Å².